The topological polar surface area (TPSA) is 58.8 Å². The summed E-state index contributed by atoms with van der Waals surface area (Å²) in [4.78, 5) is 5.65. The van der Waals surface area contributed by atoms with Crippen LogP contribution in [0.1, 0.15) is 19.5 Å². The molecule has 2 rings (SSSR count). The van der Waals surface area contributed by atoms with E-state index in [4.69, 9.17) is 4.74 Å². The van der Waals surface area contributed by atoms with E-state index in [9.17, 15) is 5.11 Å². The van der Waals surface area contributed by atoms with Crippen LogP contribution in [0.15, 0.2) is 16.6 Å². The number of nitrogens with zero attached hydrogens (tertiary/aromatic N) is 2. The van der Waals surface area contributed by atoms with Gasteiger partial charge >= 0.3 is 0 Å². The normalized spacial score (nSPS) is 14.8. The number of ether oxygens (including phenoxy) is 1. The van der Waals surface area contributed by atoms with Gasteiger partial charge in [0.05, 0.1) is 18.4 Å². The van der Waals surface area contributed by atoms with Gasteiger partial charge in [-0.2, -0.15) is 0 Å². The van der Waals surface area contributed by atoms with Crippen molar-refractivity contribution < 1.29 is 9.84 Å². The Kier molecular flexibility index (Phi) is 5.86. The summed E-state index contributed by atoms with van der Waals surface area (Å²) in [5.74, 6) is 0. The van der Waals surface area contributed by atoms with Gasteiger partial charge in [0.25, 0.3) is 0 Å². The second-order valence-electron chi connectivity index (χ2n) is 4.65. The Balaban J connectivity index is 2.13. The van der Waals surface area contributed by atoms with Gasteiger partial charge in [0.15, 0.2) is 4.96 Å². The maximum atomic E-state index is 9.66. The van der Waals surface area contributed by atoms with Crippen LogP contribution in [0.5, 0.6) is 0 Å². The number of hydrogen-bond donors (Lipinski definition) is 2. The highest BCUT2D eigenvalue weighted by Crippen LogP contribution is 2.30. The zero-order valence-corrected chi connectivity index (χ0v) is 13.6. The molecule has 0 aliphatic rings. The Hall–Kier alpha value is -0.600. The number of nitrogens with one attached hydrogen (secondary N) is 1. The summed E-state index contributed by atoms with van der Waals surface area (Å²) in [5.41, 5.74) is 1.15. The molecule has 0 aliphatic heterocycles. The number of methoxy groups -OCH3 is 1. The Morgan fingerprint density at radius 2 is 2.35 bits per heavy atom. The molecule has 7 heteroatoms. The smallest absolute Gasteiger partial charge is 0.194 e. The van der Waals surface area contributed by atoms with E-state index >= 15 is 0 Å². The summed E-state index contributed by atoms with van der Waals surface area (Å²) in [6, 6.07) is 0. The van der Waals surface area contributed by atoms with Gasteiger partial charge in [-0.1, -0.05) is 18.7 Å². The van der Waals surface area contributed by atoms with E-state index in [0.717, 1.165) is 28.8 Å². The first-order valence-electron chi connectivity index (χ1n) is 6.62. The largest absolute Gasteiger partial charge is 0.392 e. The SMILES string of the molecule is COCCNCc1c(SC(C)C(C)O)nc2sccn12. The van der Waals surface area contributed by atoms with E-state index < -0.39 is 0 Å². The summed E-state index contributed by atoms with van der Waals surface area (Å²) in [6.07, 6.45) is 1.69. The van der Waals surface area contributed by atoms with E-state index in [0.29, 0.717) is 6.61 Å². The molecular formula is C13H21N3O2S2. The van der Waals surface area contributed by atoms with Crippen LogP contribution in [0.4, 0.5) is 0 Å². The van der Waals surface area contributed by atoms with E-state index in [1.54, 1.807) is 30.2 Å². The molecular weight excluding hydrogens is 294 g/mol. The fraction of sp³-hybridized carbons (Fsp3) is 0.615. The molecule has 2 N–H and O–H groups in total. The first kappa shape index (κ1) is 15.8. The zero-order chi connectivity index (χ0) is 14.5. The number of aliphatic hydroxyl groups is 1. The molecule has 0 aliphatic carbocycles. The first-order valence-corrected chi connectivity index (χ1v) is 8.38. The third kappa shape index (κ3) is 3.73. The van der Waals surface area contributed by atoms with Crippen LogP contribution < -0.4 is 5.32 Å². The van der Waals surface area contributed by atoms with Gasteiger partial charge in [0, 0.05) is 37.0 Å². The average molecular weight is 315 g/mol. The van der Waals surface area contributed by atoms with Gasteiger partial charge in [-0.05, 0) is 6.92 Å². The molecule has 0 fully saturated rings. The summed E-state index contributed by atoms with van der Waals surface area (Å²) in [5, 5.41) is 16.2. The highest BCUT2D eigenvalue weighted by Gasteiger charge is 2.18. The molecule has 0 aromatic carbocycles. The fourth-order valence-electron chi connectivity index (χ4n) is 1.72. The van der Waals surface area contributed by atoms with Crippen LogP contribution in [0, 0.1) is 0 Å². The molecule has 0 saturated heterocycles. The zero-order valence-electron chi connectivity index (χ0n) is 12.0. The van der Waals surface area contributed by atoms with Gasteiger partial charge in [0.1, 0.15) is 5.03 Å². The average Bonchev–Trinajstić information content (AvgIpc) is 2.96. The number of aromatic nitrogens is 2. The van der Waals surface area contributed by atoms with Gasteiger partial charge in [-0.3, -0.25) is 4.40 Å². The van der Waals surface area contributed by atoms with Crippen LogP contribution >= 0.6 is 23.1 Å². The predicted molar refractivity (Wildman–Crippen MR) is 83.7 cm³/mol. The highest BCUT2D eigenvalue weighted by molar-refractivity contribution is 7.99. The minimum absolute atomic E-state index is 0.123. The second kappa shape index (κ2) is 7.42. The lowest BCUT2D eigenvalue weighted by Crippen LogP contribution is -2.20. The number of aliphatic hydroxyl groups excluding tert-OH is 1. The van der Waals surface area contributed by atoms with Crippen molar-refractivity contribution in [1.29, 1.82) is 0 Å². The fourth-order valence-corrected chi connectivity index (χ4v) is 3.51. The van der Waals surface area contributed by atoms with Crippen molar-refractivity contribution in [1.82, 2.24) is 14.7 Å². The lowest BCUT2D eigenvalue weighted by atomic mass is 10.3. The minimum atomic E-state index is -0.353. The summed E-state index contributed by atoms with van der Waals surface area (Å²) < 4.78 is 7.15. The predicted octanol–water partition coefficient (Wildman–Crippen LogP) is 1.99. The van der Waals surface area contributed by atoms with E-state index in [1.165, 1.54) is 0 Å². The first-order chi connectivity index (χ1) is 9.63. The number of hydrogen-bond acceptors (Lipinski definition) is 6. The molecule has 20 heavy (non-hydrogen) atoms. The number of rotatable bonds is 8. The Labute approximate surface area is 127 Å². The summed E-state index contributed by atoms with van der Waals surface area (Å²) in [6.45, 7) is 6.08. The van der Waals surface area contributed by atoms with Crippen molar-refractivity contribution in [3.8, 4) is 0 Å². The van der Waals surface area contributed by atoms with Gasteiger partial charge in [0.2, 0.25) is 0 Å². The molecule has 2 heterocycles. The standard InChI is InChI=1S/C13H21N3O2S2/c1-9(17)10(2)20-12-11(8-14-4-6-18-3)16-5-7-19-13(16)15-12/h5,7,9-10,14,17H,4,6,8H2,1-3H3. The Morgan fingerprint density at radius 3 is 3.05 bits per heavy atom. The van der Waals surface area contributed by atoms with E-state index in [-0.39, 0.29) is 11.4 Å². The number of thiazole rings is 1. The summed E-state index contributed by atoms with van der Waals surface area (Å²) >= 11 is 3.25. The van der Waals surface area contributed by atoms with Crippen molar-refractivity contribution >= 4 is 28.1 Å². The van der Waals surface area contributed by atoms with Crippen molar-refractivity contribution in [3.05, 3.63) is 17.3 Å². The number of fused-ring (bicyclic) bond motifs is 1. The molecule has 2 atom stereocenters. The Bertz CT molecular complexity index is 539. The molecule has 112 valence electrons. The number of thioether (sulfide) groups is 1. The number of imidazole rings is 1. The molecule has 5 nitrogen and oxygen atoms in total. The van der Waals surface area contributed by atoms with Crippen LogP contribution in [0.2, 0.25) is 0 Å². The molecule has 0 spiro atoms. The maximum absolute atomic E-state index is 9.66. The van der Waals surface area contributed by atoms with Crippen LogP contribution in [0.25, 0.3) is 4.96 Å². The molecule has 2 aromatic rings. The van der Waals surface area contributed by atoms with Gasteiger partial charge in [-0.15, -0.1) is 11.3 Å². The van der Waals surface area contributed by atoms with Crippen molar-refractivity contribution in [3.63, 3.8) is 0 Å². The van der Waals surface area contributed by atoms with Gasteiger partial charge < -0.3 is 15.2 Å². The molecule has 2 unspecified atom stereocenters. The van der Waals surface area contributed by atoms with Crippen molar-refractivity contribution in [2.24, 2.45) is 0 Å². The van der Waals surface area contributed by atoms with Crippen molar-refractivity contribution in [2.45, 2.75) is 36.8 Å². The molecule has 0 radical (unpaired) electrons. The van der Waals surface area contributed by atoms with Crippen LogP contribution in [0.3, 0.4) is 0 Å². The maximum Gasteiger partial charge on any atom is 0.194 e. The second-order valence-corrected chi connectivity index (χ2v) is 6.89. The lowest BCUT2D eigenvalue weighted by Gasteiger charge is -2.13. The molecule has 0 saturated carbocycles. The Morgan fingerprint density at radius 1 is 1.55 bits per heavy atom. The van der Waals surface area contributed by atoms with E-state index in [1.807, 2.05) is 25.4 Å². The molecule has 0 bridgehead atoms. The van der Waals surface area contributed by atoms with Crippen LogP contribution in [-0.4, -0.2) is 46.1 Å². The summed E-state index contributed by atoms with van der Waals surface area (Å²) in [7, 11) is 1.70. The molecule has 2 aromatic heterocycles. The quantitative estimate of drug-likeness (QED) is 0.576. The minimum Gasteiger partial charge on any atom is -0.392 e. The third-order valence-corrected chi connectivity index (χ3v) is 5.15. The molecule has 0 amide bonds. The van der Waals surface area contributed by atoms with Crippen molar-refractivity contribution in [2.75, 3.05) is 20.3 Å². The van der Waals surface area contributed by atoms with E-state index in [2.05, 4.69) is 14.7 Å². The lowest BCUT2D eigenvalue weighted by molar-refractivity contribution is 0.196. The monoisotopic (exact) mass is 315 g/mol. The van der Waals surface area contributed by atoms with Gasteiger partial charge in [-0.25, -0.2) is 4.98 Å². The third-order valence-electron chi connectivity index (χ3n) is 3.08. The highest BCUT2D eigenvalue weighted by atomic mass is 32.2. The van der Waals surface area contributed by atoms with Crippen LogP contribution in [-0.2, 0) is 11.3 Å².